The molecule has 0 aliphatic heterocycles. The van der Waals surface area contributed by atoms with Gasteiger partial charge in [0.15, 0.2) is 6.67 Å². The average Bonchev–Trinajstić information content (AvgIpc) is 1.68. The lowest BCUT2D eigenvalue weighted by atomic mass is 10.3. The predicted molar refractivity (Wildman–Crippen MR) is 20.9 cm³/mol. The standard InChI is InChI=1S/C4H6F3/c5-2-1-4(7)3-6/h3-4H,1-2H2. The van der Waals surface area contributed by atoms with Crippen molar-refractivity contribution in [3.05, 3.63) is 6.67 Å². The van der Waals surface area contributed by atoms with E-state index in [4.69, 9.17) is 0 Å². The number of alkyl halides is 2. The summed E-state index contributed by atoms with van der Waals surface area (Å²) in [5.74, 6) is 0. The average molecular weight is 111 g/mol. The molecule has 0 bridgehead atoms. The van der Waals surface area contributed by atoms with Crippen LogP contribution in [-0.4, -0.2) is 12.8 Å². The molecule has 0 aliphatic rings. The maximum absolute atomic E-state index is 11.5. The van der Waals surface area contributed by atoms with Crippen LogP contribution in [0.2, 0.25) is 0 Å². The summed E-state index contributed by atoms with van der Waals surface area (Å²) in [7, 11) is 0. The van der Waals surface area contributed by atoms with Crippen LogP contribution in [0.1, 0.15) is 6.42 Å². The molecule has 7 heavy (non-hydrogen) atoms. The van der Waals surface area contributed by atoms with Crippen LogP contribution in [-0.2, 0) is 0 Å². The van der Waals surface area contributed by atoms with Crippen LogP contribution in [0, 0.1) is 6.67 Å². The van der Waals surface area contributed by atoms with Gasteiger partial charge in [0.05, 0.1) is 6.67 Å². The van der Waals surface area contributed by atoms with E-state index in [9.17, 15) is 13.2 Å². The molecular weight excluding hydrogens is 105 g/mol. The third-order valence-corrected chi connectivity index (χ3v) is 0.522. The second-order valence-corrected chi connectivity index (χ2v) is 1.12. The normalized spacial score (nSPS) is 14.1. The van der Waals surface area contributed by atoms with Gasteiger partial charge in [0.25, 0.3) is 0 Å². The van der Waals surface area contributed by atoms with E-state index < -0.39 is 12.8 Å². The van der Waals surface area contributed by atoms with Gasteiger partial charge in [0.2, 0.25) is 0 Å². The summed E-state index contributed by atoms with van der Waals surface area (Å²) in [4.78, 5) is 0. The van der Waals surface area contributed by atoms with Gasteiger partial charge in [-0.2, -0.15) is 0 Å². The van der Waals surface area contributed by atoms with Crippen molar-refractivity contribution in [1.29, 1.82) is 0 Å². The first-order valence-electron chi connectivity index (χ1n) is 1.95. The number of halogens is 3. The predicted octanol–water partition coefficient (Wildman–Crippen LogP) is 1.82. The van der Waals surface area contributed by atoms with Crippen LogP contribution in [0.4, 0.5) is 13.2 Å². The molecule has 0 amide bonds. The topological polar surface area (TPSA) is 0 Å². The summed E-state index contributed by atoms with van der Waals surface area (Å²) in [6, 6.07) is 0. The summed E-state index contributed by atoms with van der Waals surface area (Å²) >= 11 is 0. The van der Waals surface area contributed by atoms with Crippen LogP contribution < -0.4 is 0 Å². The first kappa shape index (κ1) is 6.79. The summed E-state index contributed by atoms with van der Waals surface area (Å²) in [5.41, 5.74) is 0. The van der Waals surface area contributed by atoms with Gasteiger partial charge in [-0.25, -0.2) is 8.78 Å². The van der Waals surface area contributed by atoms with Crippen molar-refractivity contribution in [2.24, 2.45) is 0 Å². The van der Waals surface area contributed by atoms with E-state index in [0.29, 0.717) is 0 Å². The van der Waals surface area contributed by atoms with Crippen molar-refractivity contribution < 1.29 is 13.2 Å². The summed E-state index contributed by atoms with van der Waals surface area (Å²) in [6.07, 6.45) is -2.08. The summed E-state index contributed by atoms with van der Waals surface area (Å²) < 4.78 is 33.4. The van der Waals surface area contributed by atoms with Crippen LogP contribution in [0.15, 0.2) is 0 Å². The molecule has 3 heteroatoms. The molecule has 0 aromatic carbocycles. The zero-order valence-corrected chi connectivity index (χ0v) is 3.70. The zero-order valence-electron chi connectivity index (χ0n) is 3.70. The molecule has 1 unspecified atom stereocenters. The Morgan fingerprint density at radius 2 is 2.14 bits per heavy atom. The molecule has 43 valence electrons. The molecule has 0 rings (SSSR count). The van der Waals surface area contributed by atoms with Crippen molar-refractivity contribution >= 4 is 0 Å². The molecule has 1 atom stereocenters. The van der Waals surface area contributed by atoms with Crippen LogP contribution in [0.5, 0.6) is 0 Å². The molecular formula is C4H6F3. The minimum absolute atomic E-state index is 0.153. The summed E-state index contributed by atoms with van der Waals surface area (Å²) in [5, 5.41) is 0. The van der Waals surface area contributed by atoms with Crippen molar-refractivity contribution in [2.75, 3.05) is 6.67 Å². The number of hydrogen-bond donors (Lipinski definition) is 0. The van der Waals surface area contributed by atoms with Gasteiger partial charge in [0.1, 0.15) is 6.17 Å². The lowest BCUT2D eigenvalue weighted by Gasteiger charge is -1.93. The minimum Gasteiger partial charge on any atom is -0.251 e. The minimum atomic E-state index is -1.72. The van der Waals surface area contributed by atoms with Crippen molar-refractivity contribution in [3.8, 4) is 0 Å². The third kappa shape index (κ3) is 3.62. The molecule has 0 heterocycles. The molecule has 0 fully saturated rings. The van der Waals surface area contributed by atoms with Crippen molar-refractivity contribution in [1.82, 2.24) is 0 Å². The highest BCUT2D eigenvalue weighted by molar-refractivity contribution is 4.62. The van der Waals surface area contributed by atoms with Gasteiger partial charge >= 0.3 is 0 Å². The van der Waals surface area contributed by atoms with E-state index in [1.165, 1.54) is 0 Å². The largest absolute Gasteiger partial charge is 0.251 e. The lowest BCUT2D eigenvalue weighted by Crippen LogP contribution is -1.97. The maximum Gasteiger partial charge on any atom is 0.165 e. The highest BCUT2D eigenvalue weighted by Crippen LogP contribution is 2.01. The highest BCUT2D eigenvalue weighted by atomic mass is 19.2. The second-order valence-electron chi connectivity index (χ2n) is 1.12. The van der Waals surface area contributed by atoms with E-state index in [2.05, 4.69) is 0 Å². The highest BCUT2D eigenvalue weighted by Gasteiger charge is 2.03. The number of rotatable bonds is 3. The molecule has 0 saturated heterocycles. The van der Waals surface area contributed by atoms with E-state index in [-0.39, 0.29) is 13.1 Å². The summed E-state index contributed by atoms with van der Waals surface area (Å²) in [6.45, 7) is -0.957. The quantitative estimate of drug-likeness (QED) is 0.521. The van der Waals surface area contributed by atoms with Gasteiger partial charge in [0, 0.05) is 6.42 Å². The van der Waals surface area contributed by atoms with E-state index >= 15 is 0 Å². The van der Waals surface area contributed by atoms with Crippen molar-refractivity contribution in [3.63, 3.8) is 0 Å². The first-order chi connectivity index (χ1) is 3.31. The van der Waals surface area contributed by atoms with Gasteiger partial charge in [-0.3, -0.25) is 4.39 Å². The second kappa shape index (κ2) is 3.96. The number of hydrogen-bond acceptors (Lipinski definition) is 0. The molecule has 0 aromatic rings. The smallest absolute Gasteiger partial charge is 0.165 e. The van der Waals surface area contributed by atoms with Crippen molar-refractivity contribution in [2.45, 2.75) is 12.6 Å². The van der Waals surface area contributed by atoms with E-state index in [1.54, 1.807) is 0 Å². The van der Waals surface area contributed by atoms with Gasteiger partial charge in [-0.05, 0) is 0 Å². The van der Waals surface area contributed by atoms with E-state index in [0.717, 1.165) is 0 Å². The Balaban J connectivity index is 2.83. The van der Waals surface area contributed by atoms with Gasteiger partial charge < -0.3 is 0 Å². The van der Waals surface area contributed by atoms with Gasteiger partial charge in [-0.15, -0.1) is 0 Å². The molecule has 0 saturated carbocycles. The Kier molecular flexibility index (Phi) is 3.84. The van der Waals surface area contributed by atoms with Crippen LogP contribution in [0.25, 0.3) is 0 Å². The van der Waals surface area contributed by atoms with Crippen LogP contribution in [0.3, 0.4) is 0 Å². The Morgan fingerprint density at radius 3 is 2.29 bits per heavy atom. The maximum atomic E-state index is 11.5. The fourth-order valence-corrected chi connectivity index (χ4v) is 0.167. The van der Waals surface area contributed by atoms with Gasteiger partial charge in [-0.1, -0.05) is 0 Å². The molecule has 0 nitrogen and oxygen atoms in total. The fourth-order valence-electron chi connectivity index (χ4n) is 0.167. The first-order valence-corrected chi connectivity index (χ1v) is 1.95. The molecule has 0 aromatic heterocycles. The van der Waals surface area contributed by atoms with Crippen LogP contribution >= 0.6 is 0 Å². The molecule has 0 N–H and O–H groups in total. The Morgan fingerprint density at radius 1 is 1.57 bits per heavy atom. The Labute approximate surface area is 40.3 Å². The monoisotopic (exact) mass is 111 g/mol. The lowest BCUT2D eigenvalue weighted by molar-refractivity contribution is 0.275. The Hall–Kier alpha value is -0.210. The van der Waals surface area contributed by atoms with E-state index in [1.807, 2.05) is 0 Å². The SMILES string of the molecule is F[CH]C(F)CCF. The third-order valence-electron chi connectivity index (χ3n) is 0.522. The Bertz CT molecular complexity index is 37.9. The zero-order chi connectivity index (χ0) is 5.70. The molecule has 0 aliphatic carbocycles. The molecule has 1 radical (unpaired) electrons. The molecule has 0 spiro atoms. The fraction of sp³-hybridized carbons (Fsp3) is 0.750.